The molecule has 0 saturated carbocycles. The molecule has 1 fully saturated rings. The minimum absolute atomic E-state index is 0. The summed E-state index contributed by atoms with van der Waals surface area (Å²) in [5.41, 5.74) is 2.30. The van der Waals surface area contributed by atoms with E-state index in [1.165, 1.54) is 11.1 Å². The summed E-state index contributed by atoms with van der Waals surface area (Å²) in [7, 11) is 0. The maximum absolute atomic E-state index is 11.9. The number of halogens is 2. The predicted octanol–water partition coefficient (Wildman–Crippen LogP) is 5.95. The number of hydrogen-bond donors (Lipinski definition) is 2. The molecule has 4 nitrogen and oxygen atoms in total. The molecule has 2 N–H and O–H groups in total. The molecule has 0 atom stereocenters. The van der Waals surface area contributed by atoms with Gasteiger partial charge in [0.2, 0.25) is 5.91 Å². The number of hydrogen-bond acceptors (Lipinski definition) is 3. The lowest BCUT2D eigenvalue weighted by Gasteiger charge is -2.40. The van der Waals surface area contributed by atoms with Crippen molar-refractivity contribution in [1.29, 1.82) is 0 Å². The molecule has 1 aliphatic heterocycles. The SMILES string of the molecule is CC(=O)NCC(CCCN1CCC(O)(c2ccc(Cl)cc2)CC1)(c1ccccc1)c1ccccc1.Cl. The Morgan fingerprint density at radius 3 is 1.97 bits per heavy atom. The molecule has 3 aromatic rings. The zero-order valence-corrected chi connectivity index (χ0v) is 22.4. The van der Waals surface area contributed by atoms with Crippen molar-refractivity contribution in [3.63, 3.8) is 0 Å². The van der Waals surface area contributed by atoms with E-state index in [2.05, 4.69) is 58.7 Å². The van der Waals surface area contributed by atoms with Gasteiger partial charge in [-0.1, -0.05) is 84.4 Å². The van der Waals surface area contributed by atoms with Gasteiger partial charge in [-0.15, -0.1) is 12.4 Å². The molecule has 6 heteroatoms. The first kappa shape index (κ1) is 28.2. The van der Waals surface area contributed by atoms with E-state index in [1.54, 1.807) is 6.92 Å². The van der Waals surface area contributed by atoms with Crippen LogP contribution in [0, 0.1) is 0 Å². The minimum Gasteiger partial charge on any atom is -0.385 e. The maximum atomic E-state index is 11.9. The van der Waals surface area contributed by atoms with E-state index in [4.69, 9.17) is 11.6 Å². The number of carbonyl (C=O) groups excluding carboxylic acids is 1. The number of rotatable bonds is 9. The van der Waals surface area contributed by atoms with Crippen LogP contribution in [0.3, 0.4) is 0 Å². The summed E-state index contributed by atoms with van der Waals surface area (Å²) in [5, 5.41) is 15.0. The van der Waals surface area contributed by atoms with Gasteiger partial charge in [-0.25, -0.2) is 0 Å². The van der Waals surface area contributed by atoms with Crippen LogP contribution in [0.2, 0.25) is 5.02 Å². The highest BCUT2D eigenvalue weighted by Crippen LogP contribution is 2.37. The molecule has 4 rings (SSSR count). The smallest absolute Gasteiger partial charge is 0.216 e. The molecule has 36 heavy (non-hydrogen) atoms. The van der Waals surface area contributed by atoms with Crippen molar-refractivity contribution >= 4 is 29.9 Å². The van der Waals surface area contributed by atoms with Gasteiger partial charge in [0.25, 0.3) is 0 Å². The molecule has 1 saturated heterocycles. The number of nitrogens with zero attached hydrogens (tertiary/aromatic N) is 1. The van der Waals surface area contributed by atoms with E-state index >= 15 is 0 Å². The first-order valence-corrected chi connectivity index (χ1v) is 12.9. The highest BCUT2D eigenvalue weighted by molar-refractivity contribution is 6.30. The van der Waals surface area contributed by atoms with Gasteiger partial charge in [0.05, 0.1) is 5.60 Å². The zero-order valence-electron chi connectivity index (χ0n) is 20.8. The lowest BCUT2D eigenvalue weighted by atomic mass is 9.71. The summed E-state index contributed by atoms with van der Waals surface area (Å²) >= 11 is 6.03. The quantitative estimate of drug-likeness (QED) is 0.362. The van der Waals surface area contributed by atoms with E-state index in [9.17, 15) is 9.90 Å². The van der Waals surface area contributed by atoms with Gasteiger partial charge in [-0.3, -0.25) is 4.79 Å². The van der Waals surface area contributed by atoms with Gasteiger partial charge in [0.15, 0.2) is 0 Å². The van der Waals surface area contributed by atoms with Gasteiger partial charge < -0.3 is 15.3 Å². The third-order valence-electron chi connectivity index (χ3n) is 7.43. The fraction of sp³-hybridized carbons (Fsp3) is 0.367. The number of amides is 1. The van der Waals surface area contributed by atoms with Crippen molar-refractivity contribution in [2.45, 2.75) is 43.6 Å². The molecule has 3 aromatic carbocycles. The highest BCUT2D eigenvalue weighted by atomic mass is 35.5. The lowest BCUT2D eigenvalue weighted by molar-refractivity contribution is -0.119. The van der Waals surface area contributed by atoms with Crippen molar-refractivity contribution in [2.75, 3.05) is 26.2 Å². The Morgan fingerprint density at radius 1 is 0.944 bits per heavy atom. The lowest BCUT2D eigenvalue weighted by Crippen LogP contribution is -2.44. The molecule has 0 radical (unpaired) electrons. The van der Waals surface area contributed by atoms with Crippen LogP contribution >= 0.6 is 24.0 Å². The number of benzene rings is 3. The van der Waals surface area contributed by atoms with E-state index in [1.807, 2.05) is 36.4 Å². The van der Waals surface area contributed by atoms with Gasteiger partial charge in [0, 0.05) is 37.0 Å². The predicted molar refractivity (Wildman–Crippen MR) is 150 cm³/mol. The molecule has 0 aromatic heterocycles. The van der Waals surface area contributed by atoms with Crippen LogP contribution in [0.4, 0.5) is 0 Å². The van der Waals surface area contributed by atoms with Crippen LogP contribution in [-0.2, 0) is 15.8 Å². The Balaban J connectivity index is 0.00000361. The van der Waals surface area contributed by atoms with Crippen LogP contribution in [0.5, 0.6) is 0 Å². The number of nitrogens with one attached hydrogen (secondary N) is 1. The Hall–Kier alpha value is -2.37. The molecule has 0 bridgehead atoms. The Kier molecular flexibility index (Phi) is 9.98. The van der Waals surface area contributed by atoms with E-state index in [0.717, 1.165) is 38.0 Å². The van der Waals surface area contributed by atoms with Crippen molar-refractivity contribution in [3.8, 4) is 0 Å². The van der Waals surface area contributed by atoms with E-state index in [-0.39, 0.29) is 23.7 Å². The van der Waals surface area contributed by atoms with Crippen LogP contribution < -0.4 is 5.32 Å². The largest absolute Gasteiger partial charge is 0.385 e. The van der Waals surface area contributed by atoms with Crippen molar-refractivity contribution < 1.29 is 9.90 Å². The van der Waals surface area contributed by atoms with Crippen molar-refractivity contribution in [2.24, 2.45) is 0 Å². The topological polar surface area (TPSA) is 52.6 Å². The molecule has 0 unspecified atom stereocenters. The fourth-order valence-corrected chi connectivity index (χ4v) is 5.46. The molecule has 192 valence electrons. The van der Waals surface area contributed by atoms with Gasteiger partial charge in [0.1, 0.15) is 0 Å². The second kappa shape index (κ2) is 12.7. The van der Waals surface area contributed by atoms with Crippen molar-refractivity contribution in [3.05, 3.63) is 107 Å². The number of carbonyl (C=O) groups is 1. The van der Waals surface area contributed by atoms with Crippen LogP contribution in [-0.4, -0.2) is 42.1 Å². The molecular formula is C30H36Cl2N2O2. The average Bonchev–Trinajstić information content (AvgIpc) is 2.89. The maximum Gasteiger partial charge on any atom is 0.216 e. The second-order valence-electron chi connectivity index (χ2n) is 9.71. The van der Waals surface area contributed by atoms with Crippen LogP contribution in [0.1, 0.15) is 49.3 Å². The van der Waals surface area contributed by atoms with E-state index in [0.29, 0.717) is 24.4 Å². The minimum atomic E-state index is -0.787. The van der Waals surface area contributed by atoms with Gasteiger partial charge in [-0.05, 0) is 61.1 Å². The second-order valence-corrected chi connectivity index (χ2v) is 10.1. The molecule has 1 amide bonds. The molecular weight excluding hydrogens is 491 g/mol. The normalized spacial score (nSPS) is 15.6. The summed E-state index contributed by atoms with van der Waals surface area (Å²) in [6.07, 6.45) is 3.33. The third-order valence-corrected chi connectivity index (χ3v) is 7.69. The zero-order chi connectivity index (χ0) is 24.7. The highest BCUT2D eigenvalue weighted by Gasteiger charge is 2.36. The van der Waals surface area contributed by atoms with E-state index < -0.39 is 5.60 Å². The van der Waals surface area contributed by atoms with Gasteiger partial charge in [-0.2, -0.15) is 0 Å². The molecule has 0 aliphatic carbocycles. The summed E-state index contributed by atoms with van der Waals surface area (Å²) in [6, 6.07) is 28.6. The fourth-order valence-electron chi connectivity index (χ4n) is 5.34. The summed E-state index contributed by atoms with van der Waals surface area (Å²) in [4.78, 5) is 14.4. The Labute approximate surface area is 226 Å². The number of likely N-dealkylation sites (tertiary alicyclic amines) is 1. The first-order valence-electron chi connectivity index (χ1n) is 12.5. The number of piperidine rings is 1. The van der Waals surface area contributed by atoms with Crippen LogP contribution in [0.25, 0.3) is 0 Å². The standard InChI is InChI=1S/C30H35ClN2O2.ClH/c1-24(34)32-23-29(25-9-4-2-5-10-25,26-11-6-3-7-12-26)17-8-20-33-21-18-30(35,19-22-33)27-13-15-28(31)16-14-27;/h2-7,9-16,35H,8,17-23H2,1H3,(H,32,34);1H. The summed E-state index contributed by atoms with van der Waals surface area (Å²) in [6.45, 7) is 4.81. The average molecular weight is 528 g/mol. The first-order chi connectivity index (χ1) is 16.9. The molecule has 1 heterocycles. The number of aliphatic hydroxyl groups is 1. The molecule has 1 aliphatic rings. The van der Waals surface area contributed by atoms with Gasteiger partial charge >= 0.3 is 0 Å². The third kappa shape index (κ3) is 6.68. The Bertz CT molecular complexity index is 1040. The molecule has 0 spiro atoms. The Morgan fingerprint density at radius 2 is 1.47 bits per heavy atom. The van der Waals surface area contributed by atoms with Crippen LogP contribution in [0.15, 0.2) is 84.9 Å². The van der Waals surface area contributed by atoms with Crippen molar-refractivity contribution in [1.82, 2.24) is 10.2 Å². The monoisotopic (exact) mass is 526 g/mol. The summed E-state index contributed by atoms with van der Waals surface area (Å²) < 4.78 is 0. The summed E-state index contributed by atoms with van der Waals surface area (Å²) in [5.74, 6) is -0.0150.